The predicted octanol–water partition coefficient (Wildman–Crippen LogP) is 2.54. The molecule has 0 unspecified atom stereocenters. The summed E-state index contributed by atoms with van der Waals surface area (Å²) in [6.45, 7) is -0.455. The van der Waals surface area contributed by atoms with Crippen LogP contribution in [0.3, 0.4) is 0 Å². The molecule has 2 N–H and O–H groups in total. The fourth-order valence-corrected chi connectivity index (χ4v) is 1.83. The Morgan fingerprint density at radius 3 is 2.84 bits per heavy atom. The first-order valence-corrected chi connectivity index (χ1v) is 5.90. The Balaban J connectivity index is 2.21. The molecule has 2 aromatic rings. The molecule has 1 heterocycles. The highest BCUT2D eigenvalue weighted by Gasteiger charge is 2.20. The summed E-state index contributed by atoms with van der Waals surface area (Å²) in [5, 5.41) is 11.7. The summed E-state index contributed by atoms with van der Waals surface area (Å²) < 4.78 is 18.7. The normalized spacial score (nSPS) is 12.2. The molecule has 1 atom stereocenters. The van der Waals surface area contributed by atoms with Crippen LogP contribution >= 0.6 is 11.6 Å². The average Bonchev–Trinajstić information content (AvgIpc) is 2.93. The topological polar surface area (TPSA) is 62.5 Å². The maximum absolute atomic E-state index is 13.8. The lowest BCUT2D eigenvalue weighted by Gasteiger charge is -2.17. The molecule has 2 rings (SSSR count). The van der Waals surface area contributed by atoms with Crippen molar-refractivity contribution in [2.75, 3.05) is 6.61 Å². The number of benzene rings is 1. The summed E-state index contributed by atoms with van der Waals surface area (Å²) in [4.78, 5) is 11.8. The molecule has 0 fully saturated rings. The van der Waals surface area contributed by atoms with Gasteiger partial charge in [-0.3, -0.25) is 4.79 Å². The summed E-state index contributed by atoms with van der Waals surface area (Å²) in [7, 11) is 0. The molecule has 1 amide bonds. The van der Waals surface area contributed by atoms with Gasteiger partial charge in [-0.25, -0.2) is 4.39 Å². The monoisotopic (exact) mass is 283 g/mol. The standard InChI is InChI=1S/C13H11ClFNO3/c14-9-4-1-3-8(12(9)15)10(7-17)16-13(18)11-5-2-6-19-11/h1-6,10,17H,7H2,(H,16,18)/t10-/m0/s1. The Kier molecular flexibility index (Phi) is 4.19. The van der Waals surface area contributed by atoms with Crippen LogP contribution in [0.25, 0.3) is 0 Å². The van der Waals surface area contributed by atoms with Crippen LogP contribution in [0.1, 0.15) is 22.2 Å². The minimum Gasteiger partial charge on any atom is -0.459 e. The Bertz CT molecular complexity index is 571. The Labute approximate surface area is 113 Å². The van der Waals surface area contributed by atoms with Crippen molar-refractivity contribution in [3.63, 3.8) is 0 Å². The zero-order valence-corrected chi connectivity index (χ0v) is 10.5. The van der Waals surface area contributed by atoms with Gasteiger partial charge >= 0.3 is 0 Å². The van der Waals surface area contributed by atoms with Crippen molar-refractivity contribution in [2.45, 2.75) is 6.04 Å². The van der Waals surface area contributed by atoms with Crippen LogP contribution in [-0.2, 0) is 0 Å². The van der Waals surface area contributed by atoms with E-state index in [9.17, 15) is 14.3 Å². The number of carbonyl (C=O) groups excluding carboxylic acids is 1. The third kappa shape index (κ3) is 2.94. The molecule has 0 bridgehead atoms. The maximum Gasteiger partial charge on any atom is 0.287 e. The molecule has 0 aliphatic rings. The highest BCUT2D eigenvalue weighted by molar-refractivity contribution is 6.30. The molecule has 4 nitrogen and oxygen atoms in total. The molecule has 0 radical (unpaired) electrons. The summed E-state index contributed by atoms with van der Waals surface area (Å²) >= 11 is 5.66. The minimum atomic E-state index is -0.892. The molecule has 0 spiro atoms. The largest absolute Gasteiger partial charge is 0.459 e. The van der Waals surface area contributed by atoms with Gasteiger partial charge < -0.3 is 14.8 Å². The lowest BCUT2D eigenvalue weighted by Crippen LogP contribution is -2.31. The van der Waals surface area contributed by atoms with Gasteiger partial charge in [-0.05, 0) is 18.2 Å². The van der Waals surface area contributed by atoms with Gasteiger partial charge in [-0.15, -0.1) is 0 Å². The molecule has 6 heteroatoms. The van der Waals surface area contributed by atoms with Crippen molar-refractivity contribution in [2.24, 2.45) is 0 Å². The molecule has 0 saturated heterocycles. The van der Waals surface area contributed by atoms with E-state index in [1.807, 2.05) is 0 Å². The molecule has 0 aliphatic heterocycles. The molecule has 100 valence electrons. The summed E-state index contributed by atoms with van der Waals surface area (Å²) in [6.07, 6.45) is 1.35. The van der Waals surface area contributed by atoms with E-state index in [1.165, 1.54) is 24.5 Å². The van der Waals surface area contributed by atoms with Crippen LogP contribution in [0.15, 0.2) is 41.0 Å². The van der Waals surface area contributed by atoms with Gasteiger partial charge in [-0.2, -0.15) is 0 Å². The maximum atomic E-state index is 13.8. The van der Waals surface area contributed by atoms with Gasteiger partial charge in [0.25, 0.3) is 5.91 Å². The first-order chi connectivity index (χ1) is 9.13. The van der Waals surface area contributed by atoms with Crippen LogP contribution in [0.2, 0.25) is 5.02 Å². The molecular formula is C13H11ClFNO3. The van der Waals surface area contributed by atoms with E-state index in [0.717, 1.165) is 0 Å². The number of hydrogen-bond donors (Lipinski definition) is 2. The summed E-state index contributed by atoms with van der Waals surface area (Å²) in [5.41, 5.74) is 0.120. The van der Waals surface area contributed by atoms with Gasteiger partial charge in [0.2, 0.25) is 0 Å². The van der Waals surface area contributed by atoms with Crippen LogP contribution in [-0.4, -0.2) is 17.6 Å². The number of carbonyl (C=O) groups is 1. The van der Waals surface area contributed by atoms with Crippen LogP contribution in [0.5, 0.6) is 0 Å². The second kappa shape index (κ2) is 5.86. The van der Waals surface area contributed by atoms with E-state index in [-0.39, 0.29) is 16.3 Å². The molecular weight excluding hydrogens is 273 g/mol. The molecule has 0 saturated carbocycles. The first kappa shape index (κ1) is 13.6. The van der Waals surface area contributed by atoms with E-state index < -0.39 is 24.4 Å². The number of rotatable bonds is 4. The lowest BCUT2D eigenvalue weighted by atomic mass is 10.1. The number of aliphatic hydroxyl groups is 1. The van der Waals surface area contributed by atoms with Crippen molar-refractivity contribution in [1.29, 1.82) is 0 Å². The Morgan fingerprint density at radius 2 is 2.21 bits per heavy atom. The molecule has 1 aromatic carbocycles. The van der Waals surface area contributed by atoms with Crippen LogP contribution < -0.4 is 5.32 Å². The Morgan fingerprint density at radius 1 is 1.42 bits per heavy atom. The van der Waals surface area contributed by atoms with Gasteiger partial charge in [-0.1, -0.05) is 23.7 Å². The van der Waals surface area contributed by atoms with Crippen molar-refractivity contribution < 1.29 is 18.7 Å². The predicted molar refractivity (Wildman–Crippen MR) is 67.4 cm³/mol. The average molecular weight is 284 g/mol. The first-order valence-electron chi connectivity index (χ1n) is 5.52. The second-order valence-electron chi connectivity index (χ2n) is 3.83. The second-order valence-corrected chi connectivity index (χ2v) is 4.24. The van der Waals surface area contributed by atoms with Gasteiger partial charge in [0, 0.05) is 5.56 Å². The van der Waals surface area contributed by atoms with Gasteiger partial charge in [0.15, 0.2) is 5.76 Å². The quantitative estimate of drug-likeness (QED) is 0.906. The van der Waals surface area contributed by atoms with Crippen molar-refractivity contribution in [3.05, 3.63) is 58.8 Å². The van der Waals surface area contributed by atoms with Crippen molar-refractivity contribution >= 4 is 17.5 Å². The lowest BCUT2D eigenvalue weighted by molar-refractivity contribution is 0.0887. The number of nitrogens with one attached hydrogen (secondary N) is 1. The van der Waals surface area contributed by atoms with Gasteiger partial charge in [0.05, 0.1) is 23.9 Å². The number of amides is 1. The summed E-state index contributed by atoms with van der Waals surface area (Å²) in [5.74, 6) is -1.12. The fraction of sp³-hybridized carbons (Fsp3) is 0.154. The smallest absolute Gasteiger partial charge is 0.287 e. The van der Waals surface area contributed by atoms with E-state index in [1.54, 1.807) is 12.1 Å². The highest BCUT2D eigenvalue weighted by Crippen LogP contribution is 2.23. The van der Waals surface area contributed by atoms with E-state index in [2.05, 4.69) is 5.32 Å². The van der Waals surface area contributed by atoms with E-state index in [4.69, 9.17) is 16.0 Å². The number of furan rings is 1. The fourth-order valence-electron chi connectivity index (χ4n) is 1.65. The minimum absolute atomic E-state index is 0.0665. The SMILES string of the molecule is O=C(N[C@@H](CO)c1cccc(Cl)c1F)c1ccco1. The van der Waals surface area contributed by atoms with Crippen LogP contribution in [0.4, 0.5) is 4.39 Å². The van der Waals surface area contributed by atoms with Crippen molar-refractivity contribution in [1.82, 2.24) is 5.32 Å². The molecule has 19 heavy (non-hydrogen) atoms. The van der Waals surface area contributed by atoms with E-state index in [0.29, 0.717) is 0 Å². The Hall–Kier alpha value is -1.85. The number of aliphatic hydroxyl groups excluding tert-OH is 1. The zero-order chi connectivity index (χ0) is 13.8. The number of hydrogen-bond acceptors (Lipinski definition) is 3. The molecule has 0 aliphatic carbocycles. The van der Waals surface area contributed by atoms with E-state index >= 15 is 0 Å². The van der Waals surface area contributed by atoms with Crippen molar-refractivity contribution in [3.8, 4) is 0 Å². The summed E-state index contributed by atoms with van der Waals surface area (Å²) in [6, 6.07) is 6.52. The third-order valence-electron chi connectivity index (χ3n) is 2.59. The van der Waals surface area contributed by atoms with Crippen LogP contribution in [0, 0.1) is 5.82 Å². The molecule has 1 aromatic heterocycles. The zero-order valence-electron chi connectivity index (χ0n) is 9.77. The number of halogens is 2. The van der Waals surface area contributed by atoms with Gasteiger partial charge in [0.1, 0.15) is 5.82 Å². The third-order valence-corrected chi connectivity index (χ3v) is 2.88. The highest BCUT2D eigenvalue weighted by atomic mass is 35.5.